The number of carbonyl (C=O) groups is 2. The molecule has 1 atom stereocenters. The maximum atomic E-state index is 12.5. The average Bonchev–Trinajstić information content (AvgIpc) is 3.03. The number of hydrogen-bond acceptors (Lipinski definition) is 3. The van der Waals surface area contributed by atoms with E-state index >= 15 is 0 Å². The van der Waals surface area contributed by atoms with Crippen molar-refractivity contribution < 1.29 is 9.59 Å². The fraction of sp³-hybridized carbons (Fsp3) is 0.333. The number of amides is 2. The zero-order valence-electron chi connectivity index (χ0n) is 15.5. The Labute approximate surface area is 154 Å². The van der Waals surface area contributed by atoms with E-state index in [1.54, 1.807) is 4.90 Å². The van der Waals surface area contributed by atoms with Gasteiger partial charge in [0.1, 0.15) is 6.04 Å². The van der Waals surface area contributed by atoms with Crippen LogP contribution >= 0.6 is 0 Å². The molecule has 136 valence electrons. The maximum Gasteiger partial charge on any atom is 0.246 e. The SMILES string of the molecule is Cc1ccc(NC(=O)[C@@H](C)Nc2cccc(N3CCCC3=O)c2)c(C)c1. The van der Waals surface area contributed by atoms with E-state index in [2.05, 4.69) is 10.6 Å². The van der Waals surface area contributed by atoms with E-state index in [1.807, 2.05) is 63.2 Å². The molecule has 0 aromatic heterocycles. The molecule has 1 aliphatic rings. The molecule has 1 fully saturated rings. The Balaban J connectivity index is 1.66. The number of benzene rings is 2. The Kier molecular flexibility index (Phi) is 5.26. The zero-order chi connectivity index (χ0) is 18.7. The number of hydrogen-bond donors (Lipinski definition) is 2. The molecule has 26 heavy (non-hydrogen) atoms. The quantitative estimate of drug-likeness (QED) is 0.860. The molecule has 1 heterocycles. The molecule has 2 aromatic rings. The van der Waals surface area contributed by atoms with Gasteiger partial charge >= 0.3 is 0 Å². The third-order valence-corrected chi connectivity index (χ3v) is 4.65. The van der Waals surface area contributed by atoms with Crippen molar-refractivity contribution in [1.29, 1.82) is 0 Å². The molecule has 2 N–H and O–H groups in total. The van der Waals surface area contributed by atoms with Crippen molar-refractivity contribution in [3.8, 4) is 0 Å². The maximum absolute atomic E-state index is 12.5. The molecule has 2 amide bonds. The van der Waals surface area contributed by atoms with Gasteiger partial charge in [0.25, 0.3) is 0 Å². The molecule has 3 rings (SSSR count). The first-order chi connectivity index (χ1) is 12.4. The average molecular weight is 351 g/mol. The summed E-state index contributed by atoms with van der Waals surface area (Å²) < 4.78 is 0. The standard InChI is InChI=1S/C21H25N3O2/c1-14-9-10-19(15(2)12-14)23-21(26)16(3)22-17-6-4-7-18(13-17)24-11-5-8-20(24)25/h4,6-7,9-10,12-13,16,22H,5,8,11H2,1-3H3,(H,23,26)/t16-/m1/s1. The van der Waals surface area contributed by atoms with Crippen molar-refractivity contribution in [3.05, 3.63) is 53.6 Å². The summed E-state index contributed by atoms with van der Waals surface area (Å²) in [5.41, 5.74) is 4.73. The number of carbonyl (C=O) groups excluding carboxylic acids is 2. The molecule has 1 saturated heterocycles. The second kappa shape index (κ2) is 7.60. The lowest BCUT2D eigenvalue weighted by Gasteiger charge is -2.19. The number of nitrogens with one attached hydrogen (secondary N) is 2. The summed E-state index contributed by atoms with van der Waals surface area (Å²) >= 11 is 0. The van der Waals surface area contributed by atoms with Crippen LogP contribution in [0.2, 0.25) is 0 Å². The first kappa shape index (κ1) is 18.0. The number of aryl methyl sites for hydroxylation is 2. The minimum Gasteiger partial charge on any atom is -0.374 e. The first-order valence-electron chi connectivity index (χ1n) is 8.99. The van der Waals surface area contributed by atoms with E-state index in [0.29, 0.717) is 6.42 Å². The second-order valence-corrected chi connectivity index (χ2v) is 6.87. The van der Waals surface area contributed by atoms with Gasteiger partial charge in [0.15, 0.2) is 0 Å². The highest BCUT2D eigenvalue weighted by Crippen LogP contribution is 2.24. The fourth-order valence-corrected chi connectivity index (χ4v) is 3.20. The van der Waals surface area contributed by atoms with Crippen molar-refractivity contribution in [3.63, 3.8) is 0 Å². The van der Waals surface area contributed by atoms with Crippen LogP contribution in [0, 0.1) is 13.8 Å². The normalized spacial score (nSPS) is 15.0. The molecule has 5 heteroatoms. The molecule has 2 aromatic carbocycles. The van der Waals surface area contributed by atoms with Crippen LogP contribution in [0.4, 0.5) is 17.1 Å². The lowest BCUT2D eigenvalue weighted by atomic mass is 10.1. The van der Waals surface area contributed by atoms with Crippen LogP contribution in [0.1, 0.15) is 30.9 Å². The van der Waals surface area contributed by atoms with Crippen LogP contribution in [0.5, 0.6) is 0 Å². The summed E-state index contributed by atoms with van der Waals surface area (Å²) in [7, 11) is 0. The Bertz CT molecular complexity index is 832. The molecular formula is C21H25N3O2. The van der Waals surface area contributed by atoms with Crippen LogP contribution in [-0.2, 0) is 9.59 Å². The van der Waals surface area contributed by atoms with E-state index < -0.39 is 6.04 Å². The number of rotatable bonds is 5. The predicted octanol–water partition coefficient (Wildman–Crippen LogP) is 3.87. The van der Waals surface area contributed by atoms with Crippen molar-refractivity contribution in [2.24, 2.45) is 0 Å². The fourth-order valence-electron chi connectivity index (χ4n) is 3.20. The monoisotopic (exact) mass is 351 g/mol. The number of nitrogens with zero attached hydrogens (tertiary/aromatic N) is 1. The highest BCUT2D eigenvalue weighted by Gasteiger charge is 2.22. The smallest absolute Gasteiger partial charge is 0.246 e. The summed E-state index contributed by atoms with van der Waals surface area (Å²) in [5.74, 6) is 0.0578. The highest BCUT2D eigenvalue weighted by molar-refractivity contribution is 5.97. The van der Waals surface area contributed by atoms with Gasteiger partial charge in [-0.05, 0) is 57.0 Å². The molecule has 0 radical (unpaired) electrons. The summed E-state index contributed by atoms with van der Waals surface area (Å²) in [6, 6.07) is 13.2. The van der Waals surface area contributed by atoms with Crippen molar-refractivity contribution in [2.45, 2.75) is 39.7 Å². The summed E-state index contributed by atoms with van der Waals surface area (Å²) in [4.78, 5) is 26.2. The highest BCUT2D eigenvalue weighted by atomic mass is 16.2. The van der Waals surface area contributed by atoms with Crippen LogP contribution < -0.4 is 15.5 Å². The van der Waals surface area contributed by atoms with Crippen LogP contribution in [0.3, 0.4) is 0 Å². The van der Waals surface area contributed by atoms with Crippen molar-refractivity contribution in [1.82, 2.24) is 0 Å². The largest absolute Gasteiger partial charge is 0.374 e. The lowest BCUT2D eigenvalue weighted by molar-refractivity contribution is -0.117. The lowest BCUT2D eigenvalue weighted by Crippen LogP contribution is -2.32. The van der Waals surface area contributed by atoms with Crippen LogP contribution in [0.15, 0.2) is 42.5 Å². The van der Waals surface area contributed by atoms with Gasteiger partial charge in [0, 0.05) is 30.0 Å². The van der Waals surface area contributed by atoms with E-state index in [-0.39, 0.29) is 11.8 Å². The van der Waals surface area contributed by atoms with Gasteiger partial charge in [0.2, 0.25) is 11.8 Å². The minimum atomic E-state index is -0.403. The van der Waals surface area contributed by atoms with Gasteiger partial charge in [-0.1, -0.05) is 23.8 Å². The van der Waals surface area contributed by atoms with Crippen LogP contribution in [0.25, 0.3) is 0 Å². The topological polar surface area (TPSA) is 61.4 Å². The molecule has 0 unspecified atom stereocenters. The van der Waals surface area contributed by atoms with Gasteiger partial charge in [-0.15, -0.1) is 0 Å². The van der Waals surface area contributed by atoms with Gasteiger partial charge in [-0.3, -0.25) is 9.59 Å². The molecule has 0 spiro atoms. The van der Waals surface area contributed by atoms with Gasteiger partial charge in [0.05, 0.1) is 0 Å². The van der Waals surface area contributed by atoms with Crippen molar-refractivity contribution >= 4 is 28.9 Å². The van der Waals surface area contributed by atoms with Gasteiger partial charge in [-0.2, -0.15) is 0 Å². The van der Waals surface area contributed by atoms with E-state index in [0.717, 1.165) is 35.6 Å². The van der Waals surface area contributed by atoms with E-state index in [4.69, 9.17) is 0 Å². The molecule has 0 bridgehead atoms. The second-order valence-electron chi connectivity index (χ2n) is 6.87. The van der Waals surface area contributed by atoms with Gasteiger partial charge < -0.3 is 15.5 Å². The van der Waals surface area contributed by atoms with Crippen LogP contribution in [-0.4, -0.2) is 24.4 Å². The molecule has 0 aliphatic carbocycles. The third kappa shape index (κ3) is 4.04. The van der Waals surface area contributed by atoms with Gasteiger partial charge in [-0.25, -0.2) is 0 Å². The third-order valence-electron chi connectivity index (χ3n) is 4.65. The Morgan fingerprint density at radius 2 is 1.96 bits per heavy atom. The minimum absolute atomic E-state index is 0.0976. The molecular weight excluding hydrogens is 326 g/mol. The summed E-state index contributed by atoms with van der Waals surface area (Å²) in [6.07, 6.45) is 1.50. The Hall–Kier alpha value is -2.82. The summed E-state index contributed by atoms with van der Waals surface area (Å²) in [6.45, 7) is 6.59. The predicted molar refractivity (Wildman–Crippen MR) is 106 cm³/mol. The number of anilines is 3. The molecule has 0 saturated carbocycles. The van der Waals surface area contributed by atoms with Crippen molar-refractivity contribution in [2.75, 3.05) is 22.1 Å². The Morgan fingerprint density at radius 1 is 1.15 bits per heavy atom. The molecule has 1 aliphatic heterocycles. The zero-order valence-corrected chi connectivity index (χ0v) is 15.5. The van der Waals surface area contributed by atoms with E-state index in [1.165, 1.54) is 5.56 Å². The Morgan fingerprint density at radius 3 is 2.65 bits per heavy atom. The molecule has 5 nitrogen and oxygen atoms in total. The first-order valence-corrected chi connectivity index (χ1v) is 8.99. The van der Waals surface area contributed by atoms with E-state index in [9.17, 15) is 9.59 Å². The summed E-state index contributed by atoms with van der Waals surface area (Å²) in [5, 5.41) is 6.19.